The molecule has 0 radical (unpaired) electrons. The normalized spacial score (nSPS) is 23.0. The number of nitrogens with zero attached hydrogens (tertiary/aromatic N) is 1. The average Bonchev–Trinajstić information content (AvgIpc) is 3.25. The molecule has 2 aliphatic rings. The molecule has 3 atom stereocenters. The van der Waals surface area contributed by atoms with Gasteiger partial charge < -0.3 is 10.1 Å². The summed E-state index contributed by atoms with van der Waals surface area (Å²) in [6, 6.07) is 4.92. The topological polar surface area (TPSA) is 122 Å². The number of nitrogens with one attached hydrogen (secondary N) is 2. The maximum Gasteiger partial charge on any atom is 0.338 e. The lowest BCUT2D eigenvalue weighted by Crippen LogP contribution is -2.47. The third kappa shape index (κ3) is 6.54. The number of esters is 1. The van der Waals surface area contributed by atoms with Gasteiger partial charge in [0.15, 0.2) is 6.10 Å². The Balaban J connectivity index is 1.56. The second-order valence-electron chi connectivity index (χ2n) is 9.28. The number of carbonyl (C=O) groups excluding carboxylic acids is 3. The summed E-state index contributed by atoms with van der Waals surface area (Å²) in [5.41, 5.74) is 0.115. The van der Waals surface area contributed by atoms with Crippen LogP contribution in [0.15, 0.2) is 29.2 Å². The summed E-state index contributed by atoms with van der Waals surface area (Å²) in [5.74, 6) is -0.944. The van der Waals surface area contributed by atoms with Crippen molar-refractivity contribution in [2.24, 2.45) is 11.8 Å². The van der Waals surface area contributed by atoms with Crippen LogP contribution in [0, 0.1) is 11.8 Å². The summed E-state index contributed by atoms with van der Waals surface area (Å²) in [5, 5.41) is 4.91. The molecule has 3 amide bonds. The molecule has 0 aromatic heterocycles. The van der Waals surface area contributed by atoms with Crippen molar-refractivity contribution in [3.8, 4) is 0 Å². The number of hydrogen-bond acceptors (Lipinski definition) is 6. The highest BCUT2D eigenvalue weighted by Crippen LogP contribution is 2.27. The van der Waals surface area contributed by atoms with Crippen LogP contribution in [0.4, 0.5) is 4.79 Å². The first-order valence-corrected chi connectivity index (χ1v) is 12.9. The van der Waals surface area contributed by atoms with E-state index >= 15 is 0 Å². The number of ether oxygens (including phenoxy) is 1. The lowest BCUT2D eigenvalue weighted by atomic mass is 9.94. The number of urea groups is 1. The fourth-order valence-electron chi connectivity index (χ4n) is 4.50. The minimum absolute atomic E-state index is 0.0572. The average molecular weight is 480 g/mol. The number of hydrogen-bond donors (Lipinski definition) is 2. The van der Waals surface area contributed by atoms with Crippen LogP contribution < -0.4 is 10.6 Å². The Kier molecular flexibility index (Phi) is 8.12. The third-order valence-corrected chi connectivity index (χ3v) is 7.99. The molecule has 1 saturated heterocycles. The zero-order valence-electron chi connectivity index (χ0n) is 19.4. The summed E-state index contributed by atoms with van der Waals surface area (Å²) in [6.45, 7) is 6.38. The van der Waals surface area contributed by atoms with E-state index in [1.807, 2.05) is 13.8 Å². The number of benzene rings is 1. The predicted molar refractivity (Wildman–Crippen MR) is 122 cm³/mol. The van der Waals surface area contributed by atoms with Gasteiger partial charge in [0.05, 0.1) is 10.5 Å². The maximum absolute atomic E-state index is 13.0. The SMILES string of the molecule is C[C@@H]1C[C@H](C)CN(S(=O)(=O)c2ccc(C(=O)O[C@@H](C)C(=O)NC(=O)NC3CCCC3)cc2)C1. The van der Waals surface area contributed by atoms with Crippen LogP contribution in [0.25, 0.3) is 0 Å². The zero-order valence-corrected chi connectivity index (χ0v) is 20.2. The Morgan fingerprint density at radius 2 is 1.61 bits per heavy atom. The molecule has 1 saturated carbocycles. The quantitative estimate of drug-likeness (QED) is 0.605. The van der Waals surface area contributed by atoms with E-state index in [2.05, 4.69) is 10.6 Å². The summed E-state index contributed by atoms with van der Waals surface area (Å²) >= 11 is 0. The van der Waals surface area contributed by atoms with Gasteiger partial charge in [0, 0.05) is 19.1 Å². The third-order valence-electron chi connectivity index (χ3n) is 6.14. The second kappa shape index (κ2) is 10.6. The molecule has 9 nitrogen and oxygen atoms in total. The van der Waals surface area contributed by atoms with Gasteiger partial charge in [-0.25, -0.2) is 18.0 Å². The van der Waals surface area contributed by atoms with Crippen molar-refractivity contribution >= 4 is 27.9 Å². The largest absolute Gasteiger partial charge is 0.449 e. The molecular weight excluding hydrogens is 446 g/mol. The van der Waals surface area contributed by atoms with Crippen molar-refractivity contribution in [1.82, 2.24) is 14.9 Å². The number of sulfonamides is 1. The van der Waals surface area contributed by atoms with Gasteiger partial charge >= 0.3 is 12.0 Å². The van der Waals surface area contributed by atoms with Gasteiger partial charge in [-0.3, -0.25) is 10.1 Å². The predicted octanol–water partition coefficient (Wildman–Crippen LogP) is 2.67. The molecule has 1 heterocycles. The molecule has 2 fully saturated rings. The number of imide groups is 1. The van der Waals surface area contributed by atoms with Gasteiger partial charge in [-0.2, -0.15) is 4.31 Å². The number of amides is 3. The number of carbonyl (C=O) groups is 3. The van der Waals surface area contributed by atoms with Crippen molar-refractivity contribution < 1.29 is 27.5 Å². The van der Waals surface area contributed by atoms with E-state index < -0.39 is 34.0 Å². The van der Waals surface area contributed by atoms with E-state index in [0.29, 0.717) is 13.1 Å². The van der Waals surface area contributed by atoms with Gasteiger partial charge in [0.2, 0.25) is 10.0 Å². The Hall–Kier alpha value is -2.46. The molecule has 1 aliphatic carbocycles. The van der Waals surface area contributed by atoms with E-state index in [1.54, 1.807) is 0 Å². The molecule has 2 N–H and O–H groups in total. The smallest absolute Gasteiger partial charge is 0.338 e. The zero-order chi connectivity index (χ0) is 24.2. The molecule has 1 aromatic carbocycles. The van der Waals surface area contributed by atoms with Gasteiger partial charge in [0.25, 0.3) is 5.91 Å². The minimum Gasteiger partial charge on any atom is -0.449 e. The molecule has 3 rings (SSSR count). The molecule has 0 bridgehead atoms. The van der Waals surface area contributed by atoms with Crippen LogP contribution in [0.1, 0.15) is 63.2 Å². The van der Waals surface area contributed by atoms with Crippen LogP contribution in [0.2, 0.25) is 0 Å². The molecule has 10 heteroatoms. The molecular formula is C23H33N3O6S. The van der Waals surface area contributed by atoms with Crippen molar-refractivity contribution in [2.45, 2.75) is 69.9 Å². The fraction of sp³-hybridized carbons (Fsp3) is 0.609. The Labute approximate surface area is 195 Å². The van der Waals surface area contributed by atoms with Crippen molar-refractivity contribution in [3.63, 3.8) is 0 Å². The first-order valence-electron chi connectivity index (χ1n) is 11.5. The highest BCUT2D eigenvalue weighted by atomic mass is 32.2. The van der Waals surface area contributed by atoms with Gasteiger partial charge in [-0.1, -0.05) is 26.7 Å². The molecule has 1 aromatic rings. The standard InChI is InChI=1S/C23H33N3O6S/c1-15-12-16(2)14-26(13-15)33(30,31)20-10-8-18(9-11-20)22(28)32-17(3)21(27)25-23(29)24-19-6-4-5-7-19/h8-11,15-17,19H,4-7,12-14H2,1-3H3,(H2,24,25,27,29)/t15-,16+,17-/m0/s1. The summed E-state index contributed by atoms with van der Waals surface area (Å²) in [4.78, 5) is 36.6. The van der Waals surface area contributed by atoms with Crippen LogP contribution in [-0.4, -0.2) is 55.9 Å². The number of rotatable bonds is 6. The lowest BCUT2D eigenvalue weighted by Gasteiger charge is -2.34. The van der Waals surface area contributed by atoms with Gasteiger partial charge in [0.1, 0.15) is 0 Å². The highest BCUT2D eigenvalue weighted by Gasteiger charge is 2.32. The van der Waals surface area contributed by atoms with E-state index in [4.69, 9.17) is 4.74 Å². The first kappa shape index (κ1) is 25.2. The van der Waals surface area contributed by atoms with Gasteiger partial charge in [-0.15, -0.1) is 0 Å². The molecule has 0 unspecified atom stereocenters. The summed E-state index contributed by atoms with van der Waals surface area (Å²) < 4.78 is 32.6. The van der Waals surface area contributed by atoms with Crippen LogP contribution in [0.3, 0.4) is 0 Å². The van der Waals surface area contributed by atoms with Crippen molar-refractivity contribution in [1.29, 1.82) is 0 Å². The van der Waals surface area contributed by atoms with E-state index in [-0.39, 0.29) is 28.3 Å². The van der Waals surface area contributed by atoms with Crippen LogP contribution >= 0.6 is 0 Å². The second-order valence-corrected chi connectivity index (χ2v) is 11.2. The van der Waals surface area contributed by atoms with Crippen LogP contribution in [-0.2, 0) is 19.6 Å². The minimum atomic E-state index is -3.66. The van der Waals surface area contributed by atoms with Crippen molar-refractivity contribution in [3.05, 3.63) is 29.8 Å². The molecule has 33 heavy (non-hydrogen) atoms. The fourth-order valence-corrected chi connectivity index (χ4v) is 6.18. The van der Waals surface area contributed by atoms with Crippen molar-refractivity contribution in [2.75, 3.05) is 13.1 Å². The Morgan fingerprint density at radius 3 is 2.18 bits per heavy atom. The van der Waals surface area contributed by atoms with Crippen LogP contribution in [0.5, 0.6) is 0 Å². The molecule has 0 spiro atoms. The van der Waals surface area contributed by atoms with E-state index in [0.717, 1.165) is 32.1 Å². The Morgan fingerprint density at radius 1 is 1.03 bits per heavy atom. The monoisotopic (exact) mass is 479 g/mol. The highest BCUT2D eigenvalue weighted by molar-refractivity contribution is 7.89. The summed E-state index contributed by atoms with van der Waals surface area (Å²) in [6.07, 6.45) is 3.66. The maximum atomic E-state index is 13.0. The number of piperidine rings is 1. The summed E-state index contributed by atoms with van der Waals surface area (Å²) in [7, 11) is -3.66. The Bertz CT molecular complexity index is 962. The molecule has 182 valence electrons. The molecule has 1 aliphatic heterocycles. The van der Waals surface area contributed by atoms with E-state index in [9.17, 15) is 22.8 Å². The van der Waals surface area contributed by atoms with Gasteiger partial charge in [-0.05, 0) is 62.3 Å². The van der Waals surface area contributed by atoms with E-state index in [1.165, 1.54) is 35.5 Å². The first-order chi connectivity index (χ1) is 15.6. The lowest BCUT2D eigenvalue weighted by molar-refractivity contribution is -0.127.